The molecule has 0 spiro atoms. The van der Waals surface area contributed by atoms with Gasteiger partial charge in [-0.2, -0.15) is 0 Å². The lowest BCUT2D eigenvalue weighted by atomic mass is 10.1. The van der Waals surface area contributed by atoms with Crippen molar-refractivity contribution in [1.82, 2.24) is 10.3 Å². The van der Waals surface area contributed by atoms with Crippen LogP contribution in [0.4, 0.5) is 4.79 Å². The van der Waals surface area contributed by atoms with Gasteiger partial charge in [-0.05, 0) is 44.9 Å². The SMILES string of the molecule is CC(C)(C)OC(=O)NCCc1c[nH]c2cc(O)ccc12. The average molecular weight is 276 g/mol. The zero-order chi connectivity index (χ0) is 14.8. The van der Waals surface area contributed by atoms with Gasteiger partial charge in [-0.15, -0.1) is 0 Å². The molecule has 3 N–H and O–H groups in total. The van der Waals surface area contributed by atoms with Crippen LogP contribution in [-0.4, -0.2) is 28.3 Å². The van der Waals surface area contributed by atoms with Crippen LogP contribution in [0.5, 0.6) is 5.75 Å². The summed E-state index contributed by atoms with van der Waals surface area (Å²) in [5.41, 5.74) is 1.50. The molecule has 1 aromatic carbocycles. The molecule has 0 aliphatic heterocycles. The molecule has 0 radical (unpaired) electrons. The third-order valence-corrected chi connectivity index (χ3v) is 2.81. The maximum Gasteiger partial charge on any atom is 0.407 e. The first-order valence-electron chi connectivity index (χ1n) is 6.61. The highest BCUT2D eigenvalue weighted by Crippen LogP contribution is 2.22. The van der Waals surface area contributed by atoms with Gasteiger partial charge < -0.3 is 20.1 Å². The Morgan fingerprint density at radius 3 is 2.85 bits per heavy atom. The van der Waals surface area contributed by atoms with Crippen molar-refractivity contribution in [2.24, 2.45) is 0 Å². The minimum Gasteiger partial charge on any atom is -0.508 e. The quantitative estimate of drug-likeness (QED) is 0.807. The van der Waals surface area contributed by atoms with E-state index in [9.17, 15) is 9.90 Å². The summed E-state index contributed by atoms with van der Waals surface area (Å²) in [6.45, 7) is 6.00. The highest BCUT2D eigenvalue weighted by Gasteiger charge is 2.15. The number of aromatic amines is 1. The van der Waals surface area contributed by atoms with E-state index in [1.807, 2.05) is 33.0 Å². The van der Waals surface area contributed by atoms with Crippen molar-refractivity contribution in [3.63, 3.8) is 0 Å². The Labute approximate surface area is 117 Å². The molecule has 2 aromatic rings. The van der Waals surface area contributed by atoms with E-state index < -0.39 is 11.7 Å². The molecule has 2 rings (SSSR count). The number of hydrogen-bond acceptors (Lipinski definition) is 3. The fourth-order valence-electron chi connectivity index (χ4n) is 1.99. The van der Waals surface area contributed by atoms with E-state index in [2.05, 4.69) is 10.3 Å². The van der Waals surface area contributed by atoms with Gasteiger partial charge in [-0.3, -0.25) is 0 Å². The van der Waals surface area contributed by atoms with Crippen LogP contribution >= 0.6 is 0 Å². The molecule has 108 valence electrons. The summed E-state index contributed by atoms with van der Waals surface area (Å²) in [5.74, 6) is 0.234. The molecule has 0 saturated carbocycles. The monoisotopic (exact) mass is 276 g/mol. The van der Waals surface area contributed by atoms with Gasteiger partial charge in [0, 0.05) is 29.7 Å². The van der Waals surface area contributed by atoms with Crippen molar-refractivity contribution in [1.29, 1.82) is 0 Å². The molecule has 1 heterocycles. The minimum absolute atomic E-state index is 0.234. The number of H-pyrrole nitrogens is 1. The molecule has 0 saturated heterocycles. The molecule has 0 atom stereocenters. The van der Waals surface area contributed by atoms with Gasteiger partial charge in [0.25, 0.3) is 0 Å². The highest BCUT2D eigenvalue weighted by molar-refractivity contribution is 5.84. The fourth-order valence-corrected chi connectivity index (χ4v) is 1.99. The van der Waals surface area contributed by atoms with E-state index in [4.69, 9.17) is 4.74 Å². The second-order valence-corrected chi connectivity index (χ2v) is 5.72. The number of aromatic nitrogens is 1. The van der Waals surface area contributed by atoms with Crippen molar-refractivity contribution >= 4 is 17.0 Å². The molecule has 0 fully saturated rings. The molecule has 0 unspecified atom stereocenters. The standard InChI is InChI=1S/C15H20N2O3/c1-15(2,3)20-14(19)16-7-6-10-9-17-13-8-11(18)4-5-12(10)13/h4-5,8-9,17-18H,6-7H2,1-3H3,(H,16,19). The topological polar surface area (TPSA) is 74.3 Å². The molecule has 5 heteroatoms. The number of benzene rings is 1. The number of nitrogens with one attached hydrogen (secondary N) is 2. The number of aromatic hydroxyl groups is 1. The van der Waals surface area contributed by atoms with E-state index in [0.717, 1.165) is 16.5 Å². The number of hydrogen-bond donors (Lipinski definition) is 3. The van der Waals surface area contributed by atoms with Crippen LogP contribution in [0.2, 0.25) is 0 Å². The summed E-state index contributed by atoms with van der Waals surface area (Å²) >= 11 is 0. The number of alkyl carbamates (subject to hydrolysis) is 1. The van der Waals surface area contributed by atoms with Crippen LogP contribution in [-0.2, 0) is 11.2 Å². The van der Waals surface area contributed by atoms with Gasteiger partial charge in [-0.1, -0.05) is 0 Å². The number of carbonyl (C=O) groups is 1. The van der Waals surface area contributed by atoms with Gasteiger partial charge in [0.2, 0.25) is 0 Å². The van der Waals surface area contributed by atoms with Crippen LogP contribution in [0, 0.1) is 0 Å². The Balaban J connectivity index is 1.92. The molecule has 0 aliphatic carbocycles. The van der Waals surface area contributed by atoms with Crippen LogP contribution in [0.3, 0.4) is 0 Å². The number of fused-ring (bicyclic) bond motifs is 1. The van der Waals surface area contributed by atoms with Gasteiger partial charge in [0.05, 0.1) is 0 Å². The molecule has 0 aliphatic rings. The lowest BCUT2D eigenvalue weighted by Crippen LogP contribution is -2.33. The fraction of sp³-hybridized carbons (Fsp3) is 0.400. The summed E-state index contributed by atoms with van der Waals surface area (Å²) in [7, 11) is 0. The number of phenolic OH excluding ortho intramolecular Hbond substituents is 1. The average Bonchev–Trinajstić information content (AvgIpc) is 2.69. The van der Waals surface area contributed by atoms with Crippen LogP contribution < -0.4 is 5.32 Å². The second-order valence-electron chi connectivity index (χ2n) is 5.72. The molecular formula is C15H20N2O3. The van der Waals surface area contributed by atoms with E-state index in [0.29, 0.717) is 13.0 Å². The Kier molecular flexibility index (Phi) is 3.88. The maximum atomic E-state index is 11.5. The highest BCUT2D eigenvalue weighted by atomic mass is 16.6. The Bertz CT molecular complexity index is 611. The van der Waals surface area contributed by atoms with Gasteiger partial charge in [0.1, 0.15) is 11.4 Å². The summed E-state index contributed by atoms with van der Waals surface area (Å²) in [6, 6.07) is 5.20. The Morgan fingerprint density at radius 1 is 1.40 bits per heavy atom. The zero-order valence-electron chi connectivity index (χ0n) is 12.0. The van der Waals surface area contributed by atoms with E-state index in [1.54, 1.807) is 12.1 Å². The lowest BCUT2D eigenvalue weighted by Gasteiger charge is -2.19. The van der Waals surface area contributed by atoms with Crippen molar-refractivity contribution in [2.45, 2.75) is 32.8 Å². The Hall–Kier alpha value is -2.17. The largest absolute Gasteiger partial charge is 0.508 e. The van der Waals surface area contributed by atoms with Gasteiger partial charge in [0.15, 0.2) is 0 Å². The molecule has 20 heavy (non-hydrogen) atoms. The van der Waals surface area contributed by atoms with Crippen LogP contribution in [0.25, 0.3) is 10.9 Å². The van der Waals surface area contributed by atoms with Crippen molar-refractivity contribution < 1.29 is 14.6 Å². The zero-order valence-corrected chi connectivity index (χ0v) is 12.0. The lowest BCUT2D eigenvalue weighted by molar-refractivity contribution is 0.0528. The van der Waals surface area contributed by atoms with E-state index in [1.165, 1.54) is 0 Å². The van der Waals surface area contributed by atoms with Gasteiger partial charge in [-0.25, -0.2) is 4.79 Å². The van der Waals surface area contributed by atoms with Crippen molar-refractivity contribution in [3.8, 4) is 5.75 Å². The first kappa shape index (κ1) is 14.2. The molecular weight excluding hydrogens is 256 g/mol. The third-order valence-electron chi connectivity index (χ3n) is 2.81. The number of rotatable bonds is 3. The first-order valence-corrected chi connectivity index (χ1v) is 6.61. The predicted molar refractivity (Wildman–Crippen MR) is 77.9 cm³/mol. The van der Waals surface area contributed by atoms with E-state index >= 15 is 0 Å². The number of amides is 1. The molecule has 1 aromatic heterocycles. The minimum atomic E-state index is -0.484. The van der Waals surface area contributed by atoms with Crippen LogP contribution in [0.15, 0.2) is 24.4 Å². The first-order chi connectivity index (χ1) is 9.35. The molecule has 0 bridgehead atoms. The van der Waals surface area contributed by atoms with Crippen molar-refractivity contribution in [3.05, 3.63) is 30.0 Å². The smallest absolute Gasteiger partial charge is 0.407 e. The van der Waals surface area contributed by atoms with Crippen LogP contribution in [0.1, 0.15) is 26.3 Å². The molecule has 5 nitrogen and oxygen atoms in total. The van der Waals surface area contributed by atoms with Crippen molar-refractivity contribution in [2.75, 3.05) is 6.54 Å². The summed E-state index contributed by atoms with van der Waals surface area (Å²) in [6.07, 6.45) is 2.18. The third kappa shape index (κ3) is 3.66. The second kappa shape index (κ2) is 5.45. The normalized spacial score (nSPS) is 11.6. The molecule has 1 amide bonds. The maximum absolute atomic E-state index is 11.5. The summed E-state index contributed by atoms with van der Waals surface area (Å²) in [5, 5.41) is 13.2. The van der Waals surface area contributed by atoms with E-state index in [-0.39, 0.29) is 5.75 Å². The number of ether oxygens (including phenoxy) is 1. The van der Waals surface area contributed by atoms with Gasteiger partial charge >= 0.3 is 6.09 Å². The number of phenols is 1. The Morgan fingerprint density at radius 2 is 2.15 bits per heavy atom. The summed E-state index contributed by atoms with van der Waals surface area (Å²) in [4.78, 5) is 14.6. The number of carbonyl (C=O) groups excluding carboxylic acids is 1. The summed E-state index contributed by atoms with van der Waals surface area (Å²) < 4.78 is 5.17. The predicted octanol–water partition coefficient (Wildman–Crippen LogP) is 2.94.